The quantitative estimate of drug-likeness (QED) is 0.877. The molecule has 1 aliphatic heterocycles. The standard InChI is InChI=1S/C16H21N3/c17-11-15-3-1-2-14-10-13(4-5-16(14)15)12-19-8-6-18-7-9-19/h1-5,10,18H,6-9,11-12,17H2. The second-order valence-corrected chi connectivity index (χ2v) is 5.20. The molecule has 0 unspecified atom stereocenters. The van der Waals surface area contributed by atoms with Gasteiger partial charge in [-0.1, -0.05) is 30.3 Å². The van der Waals surface area contributed by atoms with Crippen molar-refractivity contribution < 1.29 is 0 Å². The molecule has 2 aromatic carbocycles. The molecular formula is C16H21N3. The van der Waals surface area contributed by atoms with E-state index in [2.05, 4.69) is 46.6 Å². The highest BCUT2D eigenvalue weighted by Crippen LogP contribution is 2.21. The summed E-state index contributed by atoms with van der Waals surface area (Å²) in [6, 6.07) is 13.1. The van der Waals surface area contributed by atoms with Gasteiger partial charge in [0, 0.05) is 39.3 Å². The van der Waals surface area contributed by atoms with Crippen LogP contribution in [0.3, 0.4) is 0 Å². The summed E-state index contributed by atoms with van der Waals surface area (Å²) in [5, 5.41) is 5.98. The number of benzene rings is 2. The Balaban J connectivity index is 1.85. The van der Waals surface area contributed by atoms with Gasteiger partial charge >= 0.3 is 0 Å². The fourth-order valence-electron chi connectivity index (χ4n) is 2.80. The summed E-state index contributed by atoms with van der Waals surface area (Å²) in [7, 11) is 0. The summed E-state index contributed by atoms with van der Waals surface area (Å²) in [5.74, 6) is 0. The SMILES string of the molecule is NCc1cccc2cc(CN3CCNCC3)ccc12. The van der Waals surface area contributed by atoms with E-state index in [1.54, 1.807) is 0 Å². The van der Waals surface area contributed by atoms with Crippen LogP contribution in [0.5, 0.6) is 0 Å². The number of hydrogen-bond donors (Lipinski definition) is 2. The highest BCUT2D eigenvalue weighted by molar-refractivity contribution is 5.86. The maximum Gasteiger partial charge on any atom is 0.0235 e. The van der Waals surface area contributed by atoms with Crippen molar-refractivity contribution in [3.8, 4) is 0 Å². The lowest BCUT2D eigenvalue weighted by Crippen LogP contribution is -2.42. The third-order valence-electron chi connectivity index (χ3n) is 3.87. The van der Waals surface area contributed by atoms with E-state index in [0.717, 1.165) is 32.7 Å². The molecule has 0 atom stereocenters. The molecule has 0 spiro atoms. The van der Waals surface area contributed by atoms with E-state index in [0.29, 0.717) is 6.54 Å². The molecule has 0 bridgehead atoms. The molecule has 3 N–H and O–H groups in total. The second-order valence-electron chi connectivity index (χ2n) is 5.20. The van der Waals surface area contributed by atoms with Crippen molar-refractivity contribution >= 4 is 10.8 Å². The lowest BCUT2D eigenvalue weighted by molar-refractivity contribution is 0.233. The number of hydrogen-bond acceptors (Lipinski definition) is 3. The van der Waals surface area contributed by atoms with Gasteiger partial charge in [0.2, 0.25) is 0 Å². The summed E-state index contributed by atoms with van der Waals surface area (Å²) in [6.07, 6.45) is 0. The minimum absolute atomic E-state index is 0.606. The molecule has 0 aromatic heterocycles. The molecule has 0 saturated carbocycles. The monoisotopic (exact) mass is 255 g/mol. The van der Waals surface area contributed by atoms with Gasteiger partial charge < -0.3 is 11.1 Å². The van der Waals surface area contributed by atoms with Crippen LogP contribution < -0.4 is 11.1 Å². The van der Waals surface area contributed by atoms with Gasteiger partial charge in [0.05, 0.1) is 0 Å². The summed E-state index contributed by atoms with van der Waals surface area (Å²) in [4.78, 5) is 2.50. The van der Waals surface area contributed by atoms with E-state index in [9.17, 15) is 0 Å². The Morgan fingerprint density at radius 2 is 1.95 bits per heavy atom. The van der Waals surface area contributed by atoms with Gasteiger partial charge in [-0.05, 0) is 28.0 Å². The van der Waals surface area contributed by atoms with E-state index in [1.165, 1.54) is 21.9 Å². The third-order valence-corrected chi connectivity index (χ3v) is 3.87. The molecule has 2 aromatic rings. The lowest BCUT2D eigenvalue weighted by atomic mass is 10.0. The maximum atomic E-state index is 5.79. The first-order valence-electron chi connectivity index (χ1n) is 7.00. The molecule has 19 heavy (non-hydrogen) atoms. The highest BCUT2D eigenvalue weighted by Gasteiger charge is 2.10. The van der Waals surface area contributed by atoms with E-state index in [1.807, 2.05) is 0 Å². The van der Waals surface area contributed by atoms with Crippen LogP contribution in [-0.4, -0.2) is 31.1 Å². The van der Waals surface area contributed by atoms with Crippen molar-refractivity contribution in [2.24, 2.45) is 5.73 Å². The van der Waals surface area contributed by atoms with E-state index >= 15 is 0 Å². The summed E-state index contributed by atoms with van der Waals surface area (Å²) in [5.41, 5.74) is 8.41. The van der Waals surface area contributed by atoms with Crippen molar-refractivity contribution in [1.29, 1.82) is 0 Å². The number of piperazine rings is 1. The molecule has 1 aliphatic rings. The van der Waals surface area contributed by atoms with Gasteiger partial charge in [-0.15, -0.1) is 0 Å². The summed E-state index contributed by atoms with van der Waals surface area (Å²) in [6.45, 7) is 6.14. The first-order chi connectivity index (χ1) is 9.36. The second kappa shape index (κ2) is 5.70. The lowest BCUT2D eigenvalue weighted by Gasteiger charge is -2.27. The van der Waals surface area contributed by atoms with Gasteiger partial charge in [0.1, 0.15) is 0 Å². The van der Waals surface area contributed by atoms with E-state index < -0.39 is 0 Å². The molecule has 3 rings (SSSR count). The zero-order chi connectivity index (χ0) is 13.1. The van der Waals surface area contributed by atoms with E-state index in [4.69, 9.17) is 5.73 Å². The van der Waals surface area contributed by atoms with Crippen molar-refractivity contribution in [2.75, 3.05) is 26.2 Å². The molecule has 1 fully saturated rings. The predicted octanol–water partition coefficient (Wildman–Crippen LogP) is 1.70. The normalized spacial score (nSPS) is 16.9. The highest BCUT2D eigenvalue weighted by atomic mass is 15.2. The average molecular weight is 255 g/mol. The molecule has 0 amide bonds. The number of nitrogens with two attached hydrogens (primary N) is 1. The minimum atomic E-state index is 0.606. The molecule has 3 heteroatoms. The fraction of sp³-hybridized carbons (Fsp3) is 0.375. The molecule has 100 valence electrons. The van der Waals surface area contributed by atoms with E-state index in [-0.39, 0.29) is 0 Å². The zero-order valence-corrected chi connectivity index (χ0v) is 11.2. The Kier molecular flexibility index (Phi) is 3.78. The van der Waals surface area contributed by atoms with Gasteiger partial charge in [0.15, 0.2) is 0 Å². The molecular weight excluding hydrogens is 234 g/mol. The number of fused-ring (bicyclic) bond motifs is 1. The van der Waals surface area contributed by atoms with Gasteiger partial charge in [-0.3, -0.25) is 4.90 Å². The molecule has 0 aliphatic carbocycles. The number of nitrogens with one attached hydrogen (secondary N) is 1. The van der Waals surface area contributed by atoms with Crippen LogP contribution in [0.2, 0.25) is 0 Å². The Hall–Kier alpha value is -1.42. The third kappa shape index (κ3) is 2.78. The Morgan fingerprint density at radius 3 is 2.74 bits per heavy atom. The molecule has 1 saturated heterocycles. The maximum absolute atomic E-state index is 5.79. The molecule has 1 heterocycles. The summed E-state index contributed by atoms with van der Waals surface area (Å²) < 4.78 is 0. The largest absolute Gasteiger partial charge is 0.326 e. The van der Waals surface area contributed by atoms with Crippen LogP contribution in [0.15, 0.2) is 36.4 Å². The fourth-order valence-corrected chi connectivity index (χ4v) is 2.80. The zero-order valence-electron chi connectivity index (χ0n) is 11.2. The number of nitrogens with zero attached hydrogens (tertiary/aromatic N) is 1. The summed E-state index contributed by atoms with van der Waals surface area (Å²) >= 11 is 0. The Labute approximate surface area is 114 Å². The van der Waals surface area contributed by atoms with Crippen molar-refractivity contribution in [3.63, 3.8) is 0 Å². The Bertz CT molecular complexity index is 559. The van der Waals surface area contributed by atoms with Crippen LogP contribution in [0.4, 0.5) is 0 Å². The van der Waals surface area contributed by atoms with Crippen LogP contribution in [0, 0.1) is 0 Å². The Morgan fingerprint density at radius 1 is 1.11 bits per heavy atom. The average Bonchev–Trinajstić information content (AvgIpc) is 2.47. The van der Waals surface area contributed by atoms with Crippen LogP contribution in [0.1, 0.15) is 11.1 Å². The van der Waals surface area contributed by atoms with Crippen LogP contribution in [0.25, 0.3) is 10.8 Å². The minimum Gasteiger partial charge on any atom is -0.326 e. The molecule has 0 radical (unpaired) electrons. The van der Waals surface area contributed by atoms with Crippen LogP contribution in [-0.2, 0) is 13.1 Å². The van der Waals surface area contributed by atoms with Crippen LogP contribution >= 0.6 is 0 Å². The first-order valence-corrected chi connectivity index (χ1v) is 7.00. The predicted molar refractivity (Wildman–Crippen MR) is 80.0 cm³/mol. The van der Waals surface area contributed by atoms with Gasteiger partial charge in [0.25, 0.3) is 0 Å². The number of rotatable bonds is 3. The van der Waals surface area contributed by atoms with Crippen molar-refractivity contribution in [1.82, 2.24) is 10.2 Å². The van der Waals surface area contributed by atoms with Crippen molar-refractivity contribution in [2.45, 2.75) is 13.1 Å². The first kappa shape index (κ1) is 12.6. The topological polar surface area (TPSA) is 41.3 Å². The van der Waals surface area contributed by atoms with Gasteiger partial charge in [-0.25, -0.2) is 0 Å². The van der Waals surface area contributed by atoms with Gasteiger partial charge in [-0.2, -0.15) is 0 Å². The molecule has 3 nitrogen and oxygen atoms in total. The smallest absolute Gasteiger partial charge is 0.0235 e. The van der Waals surface area contributed by atoms with Crippen molar-refractivity contribution in [3.05, 3.63) is 47.5 Å².